The summed E-state index contributed by atoms with van der Waals surface area (Å²) >= 11 is 0.854. The van der Waals surface area contributed by atoms with Crippen LogP contribution in [0.25, 0.3) is 10.2 Å². The van der Waals surface area contributed by atoms with Crippen molar-refractivity contribution < 1.29 is 27.9 Å². The lowest BCUT2D eigenvalue weighted by Crippen LogP contribution is -2.39. The van der Waals surface area contributed by atoms with Crippen LogP contribution in [0.3, 0.4) is 0 Å². The van der Waals surface area contributed by atoms with Crippen molar-refractivity contribution in [3.05, 3.63) is 28.3 Å². The molecule has 5 nitrogen and oxygen atoms in total. The van der Waals surface area contributed by atoms with Gasteiger partial charge in [-0.2, -0.15) is 13.2 Å². The average molecular weight is 360 g/mol. The van der Waals surface area contributed by atoms with Gasteiger partial charge in [0.15, 0.2) is 0 Å². The highest BCUT2D eigenvalue weighted by Gasteiger charge is 2.33. The second-order valence-electron chi connectivity index (χ2n) is 5.49. The highest BCUT2D eigenvalue weighted by molar-refractivity contribution is 7.20. The van der Waals surface area contributed by atoms with Gasteiger partial charge in [0.1, 0.15) is 10.5 Å². The van der Waals surface area contributed by atoms with Crippen molar-refractivity contribution in [1.29, 1.82) is 0 Å². The molecule has 0 aliphatic rings. The van der Waals surface area contributed by atoms with Crippen molar-refractivity contribution in [3.63, 3.8) is 0 Å². The molecule has 0 saturated heterocycles. The molecule has 9 heteroatoms. The summed E-state index contributed by atoms with van der Waals surface area (Å²) in [6, 6.07) is 1.54. The van der Waals surface area contributed by atoms with Crippen molar-refractivity contribution >= 4 is 33.4 Å². The van der Waals surface area contributed by atoms with Crippen molar-refractivity contribution in [2.24, 2.45) is 5.92 Å². The maximum absolute atomic E-state index is 12.7. The number of carbonyl (C=O) groups excluding carboxylic acids is 1. The summed E-state index contributed by atoms with van der Waals surface area (Å²) in [6.07, 6.45) is -4.56. The van der Waals surface area contributed by atoms with Crippen LogP contribution >= 0.6 is 11.3 Å². The number of hydrogen-bond donors (Lipinski definition) is 2. The fourth-order valence-electron chi connectivity index (χ4n) is 2.08. The number of carboxylic acids is 1. The standard InChI is InChI=1S/C15H15F3N2O3S/c1-6(14(22)23)8(3)19-12(21)11-7(2)9-4-5-10(15(16,17)18)20-13(9)24-11/h4-6,8H,1-3H3,(H,19,21)(H,22,23). The van der Waals surface area contributed by atoms with E-state index in [2.05, 4.69) is 10.3 Å². The zero-order valence-corrected chi connectivity index (χ0v) is 13.9. The van der Waals surface area contributed by atoms with E-state index in [1.807, 2.05) is 0 Å². The zero-order chi connectivity index (χ0) is 18.2. The minimum Gasteiger partial charge on any atom is -0.481 e. The molecule has 130 valence electrons. The molecular weight excluding hydrogens is 345 g/mol. The molecule has 2 atom stereocenters. The molecule has 0 bridgehead atoms. The van der Waals surface area contributed by atoms with Gasteiger partial charge in [-0.1, -0.05) is 0 Å². The molecule has 1 amide bonds. The highest BCUT2D eigenvalue weighted by atomic mass is 32.1. The number of hydrogen-bond acceptors (Lipinski definition) is 4. The number of aryl methyl sites for hydroxylation is 1. The minimum absolute atomic E-state index is 0.117. The van der Waals surface area contributed by atoms with Gasteiger partial charge in [0.05, 0.1) is 10.8 Å². The number of alkyl halides is 3. The maximum Gasteiger partial charge on any atom is 0.433 e. The molecule has 0 saturated carbocycles. The van der Waals surface area contributed by atoms with Gasteiger partial charge in [0.2, 0.25) is 0 Å². The summed E-state index contributed by atoms with van der Waals surface area (Å²) in [7, 11) is 0. The topological polar surface area (TPSA) is 79.3 Å². The van der Waals surface area contributed by atoms with Crippen molar-refractivity contribution in [1.82, 2.24) is 10.3 Å². The Morgan fingerprint density at radius 2 is 1.92 bits per heavy atom. The molecule has 2 heterocycles. The van der Waals surface area contributed by atoms with Crippen molar-refractivity contribution in [3.8, 4) is 0 Å². The summed E-state index contributed by atoms with van der Waals surface area (Å²) in [6.45, 7) is 4.63. The lowest BCUT2D eigenvalue weighted by Gasteiger charge is -2.17. The van der Waals surface area contributed by atoms with Gasteiger partial charge >= 0.3 is 12.1 Å². The number of thiophene rings is 1. The monoisotopic (exact) mass is 360 g/mol. The lowest BCUT2D eigenvalue weighted by molar-refractivity contribution is -0.142. The first-order valence-corrected chi connectivity index (χ1v) is 7.85. The largest absolute Gasteiger partial charge is 0.481 e. The Kier molecular flexibility index (Phi) is 4.84. The number of amides is 1. The second kappa shape index (κ2) is 6.39. The first kappa shape index (κ1) is 18.2. The Morgan fingerprint density at radius 3 is 2.46 bits per heavy atom. The van der Waals surface area contributed by atoms with Crippen molar-refractivity contribution in [2.45, 2.75) is 33.0 Å². The van der Waals surface area contributed by atoms with Crippen LogP contribution in [0.4, 0.5) is 13.2 Å². The first-order valence-electron chi connectivity index (χ1n) is 7.03. The molecular formula is C15H15F3N2O3S. The number of carboxylic acid groups (broad SMARTS) is 1. The van der Waals surface area contributed by atoms with E-state index in [4.69, 9.17) is 5.11 Å². The van der Waals surface area contributed by atoms with E-state index in [9.17, 15) is 22.8 Å². The molecule has 0 aliphatic carbocycles. The molecule has 0 fully saturated rings. The Hall–Kier alpha value is -2.16. The lowest BCUT2D eigenvalue weighted by atomic mass is 10.0. The van der Waals surface area contributed by atoms with Gasteiger partial charge < -0.3 is 10.4 Å². The summed E-state index contributed by atoms with van der Waals surface area (Å²) in [5.41, 5.74) is -0.500. The van der Waals surface area contributed by atoms with Gasteiger partial charge in [0.25, 0.3) is 5.91 Å². The van der Waals surface area contributed by atoms with Crippen LogP contribution in [0.15, 0.2) is 12.1 Å². The predicted octanol–water partition coefficient (Wildman–Crippen LogP) is 3.46. The van der Waals surface area contributed by atoms with E-state index in [0.29, 0.717) is 10.9 Å². The summed E-state index contributed by atoms with van der Waals surface area (Å²) in [5, 5.41) is 12.0. The number of carbonyl (C=O) groups is 2. The van der Waals surface area contributed by atoms with Crippen LogP contribution in [-0.2, 0) is 11.0 Å². The summed E-state index contributed by atoms with van der Waals surface area (Å²) in [5.74, 6) is -2.37. The summed E-state index contributed by atoms with van der Waals surface area (Å²) in [4.78, 5) is 27.2. The molecule has 2 rings (SSSR count). The fourth-order valence-corrected chi connectivity index (χ4v) is 3.17. The van der Waals surface area contributed by atoms with E-state index >= 15 is 0 Å². The van der Waals surface area contributed by atoms with E-state index in [0.717, 1.165) is 17.4 Å². The number of nitrogens with one attached hydrogen (secondary N) is 1. The fraction of sp³-hybridized carbons (Fsp3) is 0.400. The Bertz CT molecular complexity index is 801. The Morgan fingerprint density at radius 1 is 1.29 bits per heavy atom. The van der Waals surface area contributed by atoms with Crippen molar-refractivity contribution in [2.75, 3.05) is 0 Å². The smallest absolute Gasteiger partial charge is 0.433 e. The van der Waals surface area contributed by atoms with Crippen LogP contribution in [0, 0.1) is 12.8 Å². The number of fused-ring (bicyclic) bond motifs is 1. The predicted molar refractivity (Wildman–Crippen MR) is 83.1 cm³/mol. The third kappa shape index (κ3) is 3.50. The van der Waals surface area contributed by atoms with Gasteiger partial charge in [-0.3, -0.25) is 9.59 Å². The van der Waals surface area contributed by atoms with E-state index in [1.165, 1.54) is 13.0 Å². The molecule has 0 aliphatic heterocycles. The number of aliphatic carboxylic acids is 1. The number of rotatable bonds is 4. The molecule has 2 N–H and O–H groups in total. The molecule has 2 aromatic rings. The van der Waals surface area contributed by atoms with E-state index in [-0.39, 0.29) is 9.71 Å². The van der Waals surface area contributed by atoms with Gasteiger partial charge in [-0.05, 0) is 38.5 Å². The Balaban J connectivity index is 2.34. The highest BCUT2D eigenvalue weighted by Crippen LogP contribution is 2.34. The normalized spacial score (nSPS) is 14.4. The summed E-state index contributed by atoms with van der Waals surface area (Å²) < 4.78 is 38.2. The Labute approximate surface area is 139 Å². The zero-order valence-electron chi connectivity index (χ0n) is 13.1. The molecule has 2 unspecified atom stereocenters. The first-order chi connectivity index (χ1) is 11.0. The molecule has 2 aromatic heterocycles. The second-order valence-corrected chi connectivity index (χ2v) is 6.49. The quantitative estimate of drug-likeness (QED) is 0.875. The van der Waals surface area contributed by atoms with Crippen LogP contribution < -0.4 is 5.32 Å². The third-order valence-corrected chi connectivity index (χ3v) is 5.00. The van der Waals surface area contributed by atoms with Crippen LogP contribution in [0.1, 0.15) is 34.8 Å². The SMILES string of the molecule is Cc1c(C(=O)NC(C)C(C)C(=O)O)sc2nc(C(F)(F)F)ccc12. The third-order valence-electron chi connectivity index (χ3n) is 3.80. The minimum atomic E-state index is -4.56. The maximum atomic E-state index is 12.7. The number of pyridine rings is 1. The molecule has 0 aromatic carbocycles. The average Bonchev–Trinajstić information content (AvgIpc) is 2.82. The van der Waals surface area contributed by atoms with Gasteiger partial charge in [0, 0.05) is 11.4 Å². The van der Waals surface area contributed by atoms with E-state index < -0.39 is 35.7 Å². The molecule has 24 heavy (non-hydrogen) atoms. The van der Waals surface area contributed by atoms with Crippen LogP contribution in [0.5, 0.6) is 0 Å². The van der Waals surface area contributed by atoms with E-state index in [1.54, 1.807) is 13.8 Å². The van der Waals surface area contributed by atoms with Gasteiger partial charge in [-0.25, -0.2) is 4.98 Å². The number of nitrogens with zero attached hydrogens (tertiary/aromatic N) is 1. The number of halogens is 3. The number of aromatic nitrogens is 1. The molecule has 0 spiro atoms. The van der Waals surface area contributed by atoms with Gasteiger partial charge in [-0.15, -0.1) is 11.3 Å². The molecule has 0 radical (unpaired) electrons. The van der Waals surface area contributed by atoms with Crippen LogP contribution in [0.2, 0.25) is 0 Å². The van der Waals surface area contributed by atoms with Crippen LogP contribution in [-0.4, -0.2) is 28.0 Å².